The smallest absolute Gasteiger partial charge is 0.254 e. The largest absolute Gasteiger partial charge is 0.391 e. The van der Waals surface area contributed by atoms with E-state index in [0.29, 0.717) is 29.2 Å². The molecule has 0 unspecified atom stereocenters. The lowest BCUT2D eigenvalue weighted by Crippen LogP contribution is -2.35. The summed E-state index contributed by atoms with van der Waals surface area (Å²) in [6.45, 7) is 4.46. The number of fused-ring (bicyclic) bond motifs is 1. The van der Waals surface area contributed by atoms with Crippen LogP contribution in [0.25, 0.3) is 11.0 Å². The maximum atomic E-state index is 15.2. The number of carbonyl (C=O) groups is 1. The lowest BCUT2D eigenvalue weighted by atomic mass is 10.0. The highest BCUT2D eigenvalue weighted by atomic mass is 35.5. The predicted molar refractivity (Wildman–Crippen MR) is 150 cm³/mol. The molecule has 1 N–H and O–H groups in total. The van der Waals surface area contributed by atoms with Crippen molar-refractivity contribution in [1.82, 2.24) is 29.4 Å². The first-order chi connectivity index (χ1) is 19.4. The molecule has 6 rings (SSSR count). The molecule has 0 aliphatic carbocycles. The molecular formula is C29H31ClFN7O2. The summed E-state index contributed by atoms with van der Waals surface area (Å²) in [5, 5.41) is 11.0. The zero-order valence-corrected chi connectivity index (χ0v) is 23.1. The second kappa shape index (κ2) is 11.1. The summed E-state index contributed by atoms with van der Waals surface area (Å²) in [6, 6.07) is 4.72. The molecule has 2 aliphatic heterocycles. The van der Waals surface area contributed by atoms with Crippen LogP contribution >= 0.6 is 11.6 Å². The van der Waals surface area contributed by atoms with Gasteiger partial charge >= 0.3 is 0 Å². The van der Waals surface area contributed by atoms with E-state index in [1.807, 2.05) is 18.6 Å². The number of amides is 1. The molecule has 3 aromatic heterocycles. The van der Waals surface area contributed by atoms with Crippen molar-refractivity contribution in [3.8, 4) is 0 Å². The predicted octanol–water partition coefficient (Wildman–Crippen LogP) is 4.22. The minimum absolute atomic E-state index is 0.204. The number of hydrogen-bond acceptors (Lipinski definition) is 7. The van der Waals surface area contributed by atoms with Gasteiger partial charge in [-0.05, 0) is 48.9 Å². The van der Waals surface area contributed by atoms with Crippen LogP contribution in [0.4, 0.5) is 10.3 Å². The molecule has 4 aromatic rings. The van der Waals surface area contributed by atoms with E-state index in [1.54, 1.807) is 17.0 Å². The molecule has 0 radical (unpaired) electrons. The average Bonchev–Trinajstić information content (AvgIpc) is 3.57. The highest BCUT2D eigenvalue weighted by molar-refractivity contribution is 6.35. The number of halogens is 2. The van der Waals surface area contributed by atoms with Gasteiger partial charge in [-0.1, -0.05) is 24.6 Å². The average molecular weight is 564 g/mol. The maximum Gasteiger partial charge on any atom is 0.254 e. The third-order valence-electron chi connectivity index (χ3n) is 7.99. The van der Waals surface area contributed by atoms with Crippen LogP contribution < -0.4 is 4.90 Å². The molecule has 0 spiro atoms. The molecule has 11 heteroatoms. The fourth-order valence-electron chi connectivity index (χ4n) is 5.66. The monoisotopic (exact) mass is 563 g/mol. The number of anilines is 1. The van der Waals surface area contributed by atoms with Crippen LogP contribution in [-0.2, 0) is 12.8 Å². The normalized spacial score (nSPS) is 18.1. The summed E-state index contributed by atoms with van der Waals surface area (Å²) in [5.41, 5.74) is 3.18. The third kappa shape index (κ3) is 5.13. The van der Waals surface area contributed by atoms with Crippen LogP contribution in [0, 0.1) is 5.82 Å². The second-order valence-electron chi connectivity index (χ2n) is 10.5. The van der Waals surface area contributed by atoms with Crippen LogP contribution in [0.2, 0.25) is 5.02 Å². The molecule has 1 aromatic carbocycles. The van der Waals surface area contributed by atoms with Gasteiger partial charge in [0, 0.05) is 62.8 Å². The van der Waals surface area contributed by atoms with Gasteiger partial charge in [-0.15, -0.1) is 0 Å². The molecule has 2 aliphatic rings. The van der Waals surface area contributed by atoms with Crippen molar-refractivity contribution in [3.05, 3.63) is 76.3 Å². The fourth-order valence-corrected chi connectivity index (χ4v) is 5.96. The van der Waals surface area contributed by atoms with Crippen molar-refractivity contribution >= 4 is 34.5 Å². The molecule has 0 saturated carbocycles. The highest BCUT2D eigenvalue weighted by Crippen LogP contribution is 2.34. The zero-order chi connectivity index (χ0) is 27.8. The van der Waals surface area contributed by atoms with Crippen molar-refractivity contribution in [1.29, 1.82) is 0 Å². The quantitative estimate of drug-likeness (QED) is 0.375. The summed E-state index contributed by atoms with van der Waals surface area (Å²) < 4.78 is 17.3. The van der Waals surface area contributed by atoms with Gasteiger partial charge in [-0.25, -0.2) is 24.3 Å². The number of aromatic nitrogens is 5. The fraction of sp³-hybridized carbons (Fsp3) is 0.414. The van der Waals surface area contributed by atoms with Gasteiger partial charge in [0.1, 0.15) is 17.8 Å². The van der Waals surface area contributed by atoms with E-state index in [1.165, 1.54) is 12.4 Å². The van der Waals surface area contributed by atoms with Crippen LogP contribution in [0.5, 0.6) is 0 Å². The van der Waals surface area contributed by atoms with Crippen LogP contribution in [-0.4, -0.2) is 72.7 Å². The van der Waals surface area contributed by atoms with Crippen molar-refractivity contribution in [2.75, 3.05) is 31.1 Å². The van der Waals surface area contributed by atoms with Gasteiger partial charge in [-0.3, -0.25) is 4.79 Å². The molecule has 40 heavy (non-hydrogen) atoms. The number of aliphatic hydroxyl groups is 1. The maximum absolute atomic E-state index is 15.2. The Labute approximate surface area is 236 Å². The number of benzene rings is 1. The topological polar surface area (TPSA) is 100 Å². The number of likely N-dealkylation sites (tertiary alicyclic amines) is 1. The Bertz CT molecular complexity index is 1540. The number of aliphatic hydroxyl groups excluding tert-OH is 1. The zero-order valence-electron chi connectivity index (χ0n) is 22.3. The van der Waals surface area contributed by atoms with E-state index < -0.39 is 11.9 Å². The van der Waals surface area contributed by atoms with Crippen molar-refractivity contribution in [2.45, 2.75) is 51.2 Å². The number of piperidine rings is 1. The second-order valence-corrected chi connectivity index (χ2v) is 11.0. The molecule has 5 heterocycles. The Kier molecular flexibility index (Phi) is 7.37. The van der Waals surface area contributed by atoms with E-state index in [4.69, 9.17) is 11.6 Å². The van der Waals surface area contributed by atoms with Crippen LogP contribution in [0.3, 0.4) is 0 Å². The van der Waals surface area contributed by atoms with E-state index >= 15 is 4.39 Å². The molecule has 2 saturated heterocycles. The first-order valence-electron chi connectivity index (χ1n) is 13.7. The number of nitrogens with zero attached hydrogens (tertiary/aromatic N) is 7. The Morgan fingerprint density at radius 3 is 2.55 bits per heavy atom. The summed E-state index contributed by atoms with van der Waals surface area (Å²) in [5.74, 6) is 0.0000268. The van der Waals surface area contributed by atoms with Gasteiger partial charge in [0.15, 0.2) is 0 Å². The summed E-state index contributed by atoms with van der Waals surface area (Å²) >= 11 is 6.72. The Morgan fingerprint density at radius 1 is 1.10 bits per heavy atom. The third-order valence-corrected chi connectivity index (χ3v) is 8.28. The molecule has 1 atom stereocenters. The number of aryl methyl sites for hydroxylation is 1. The Morgan fingerprint density at radius 2 is 1.88 bits per heavy atom. The lowest BCUT2D eigenvalue weighted by molar-refractivity contribution is 0.0764. The van der Waals surface area contributed by atoms with E-state index in [-0.39, 0.29) is 30.5 Å². The lowest BCUT2D eigenvalue weighted by Gasteiger charge is -2.32. The number of carbonyl (C=O) groups excluding carboxylic acids is 1. The van der Waals surface area contributed by atoms with Crippen molar-refractivity contribution in [3.63, 3.8) is 0 Å². The number of β-amino-alcohol motifs (C(OH)–C–C–N with tert-alkyl or cyclic N) is 1. The number of hydrogen-bond donors (Lipinski definition) is 1. The highest BCUT2D eigenvalue weighted by Gasteiger charge is 2.27. The van der Waals surface area contributed by atoms with Crippen molar-refractivity contribution < 1.29 is 14.3 Å². The summed E-state index contributed by atoms with van der Waals surface area (Å²) in [6.07, 6.45) is 10.1. The van der Waals surface area contributed by atoms with Crippen LogP contribution in [0.15, 0.2) is 43.1 Å². The van der Waals surface area contributed by atoms with Gasteiger partial charge in [-0.2, -0.15) is 0 Å². The summed E-state index contributed by atoms with van der Waals surface area (Å²) in [4.78, 5) is 34.5. The van der Waals surface area contributed by atoms with E-state index in [9.17, 15) is 9.90 Å². The van der Waals surface area contributed by atoms with E-state index in [0.717, 1.165) is 54.9 Å². The molecule has 0 bridgehead atoms. The minimum atomic E-state index is -0.523. The first kappa shape index (κ1) is 26.6. The first-order valence-corrected chi connectivity index (χ1v) is 14.1. The molecule has 2 fully saturated rings. The van der Waals surface area contributed by atoms with E-state index in [2.05, 4.69) is 36.3 Å². The SMILES string of the molecule is CCc1cnc(N2CCC(n3cc(Cl)c4c(Cc5ccc(C(=O)N6CC[C@@H](O)C6)cc5F)ncnc43)CC2)nc1. The molecule has 208 valence electrons. The molecular weight excluding hydrogens is 533 g/mol. The standard InChI is InChI=1S/C29H31ClFN7O2/c1-2-18-13-32-29(33-14-18)36-8-5-21(6-9-36)38-16-23(30)26-25(34-17-35-27(26)38)12-19-3-4-20(11-24(19)31)28(40)37-10-7-22(39)15-37/h3-4,11,13-14,16-17,21-22,39H,2,5-10,12,15H2,1H3/t22-/m1/s1. The molecule has 9 nitrogen and oxygen atoms in total. The van der Waals surface area contributed by atoms with Crippen molar-refractivity contribution in [2.24, 2.45) is 0 Å². The van der Waals surface area contributed by atoms with Gasteiger partial charge < -0.3 is 19.5 Å². The van der Waals surface area contributed by atoms with Crippen LogP contribution in [0.1, 0.15) is 59.4 Å². The van der Waals surface area contributed by atoms with Gasteiger partial charge in [0.2, 0.25) is 5.95 Å². The minimum Gasteiger partial charge on any atom is -0.391 e. The Hall–Kier alpha value is -3.63. The van der Waals surface area contributed by atoms with Gasteiger partial charge in [0.05, 0.1) is 22.2 Å². The van der Waals surface area contributed by atoms with Gasteiger partial charge in [0.25, 0.3) is 5.91 Å². The Balaban J connectivity index is 1.19. The summed E-state index contributed by atoms with van der Waals surface area (Å²) in [7, 11) is 0. The number of rotatable bonds is 6. The molecule has 1 amide bonds.